The third kappa shape index (κ3) is 2.41. The molecule has 4 rings (SSSR count). The van der Waals surface area contributed by atoms with Crippen LogP contribution in [0, 0.1) is 0 Å². The van der Waals surface area contributed by atoms with E-state index in [1.807, 2.05) is 42.5 Å². The Morgan fingerprint density at radius 1 is 0.792 bits per heavy atom. The third-order valence-corrected chi connectivity index (χ3v) is 6.34. The van der Waals surface area contributed by atoms with Crippen molar-refractivity contribution in [3.05, 3.63) is 82.8 Å². The molecular weight excluding hydrogens is 386 g/mol. The summed E-state index contributed by atoms with van der Waals surface area (Å²) in [5.74, 6) is 0. The van der Waals surface area contributed by atoms with Gasteiger partial charge in [0.05, 0.1) is 10.6 Å². The smallest absolute Gasteiger partial charge is 0.226 e. The van der Waals surface area contributed by atoms with Crippen LogP contribution in [-0.2, 0) is 9.84 Å². The fourth-order valence-electron chi connectivity index (χ4n) is 2.75. The Morgan fingerprint density at radius 2 is 1.50 bits per heavy atom. The summed E-state index contributed by atoms with van der Waals surface area (Å²) in [6.45, 7) is 0. The first kappa shape index (κ1) is 15.3. The molecule has 5 heteroatoms. The lowest BCUT2D eigenvalue weighted by Gasteiger charge is -2.08. The molecule has 3 aromatic rings. The number of hydrogen-bond donors (Lipinski definition) is 0. The van der Waals surface area contributed by atoms with Gasteiger partial charge in [0.25, 0.3) is 0 Å². The van der Waals surface area contributed by atoms with E-state index >= 15 is 0 Å². The molecule has 0 fully saturated rings. The molecule has 0 N–H and O–H groups in total. The van der Waals surface area contributed by atoms with Crippen LogP contribution >= 0.6 is 15.9 Å². The lowest BCUT2D eigenvalue weighted by atomic mass is 10.0. The van der Waals surface area contributed by atoms with Crippen molar-refractivity contribution in [2.45, 2.75) is 4.90 Å². The molecule has 118 valence electrons. The Balaban J connectivity index is 1.82. The fraction of sp³-hybridized carbons (Fsp3) is 0. The van der Waals surface area contributed by atoms with Crippen LogP contribution < -0.4 is 0 Å². The molecule has 0 unspecified atom stereocenters. The second-order valence-corrected chi connectivity index (χ2v) is 8.14. The van der Waals surface area contributed by atoms with Crippen LogP contribution in [0.1, 0.15) is 5.56 Å². The van der Waals surface area contributed by atoms with Crippen LogP contribution in [0.3, 0.4) is 0 Å². The maximum absolute atomic E-state index is 12.7. The van der Waals surface area contributed by atoms with Gasteiger partial charge >= 0.3 is 0 Å². The average molecular weight is 398 g/mol. The quantitative estimate of drug-likeness (QED) is 0.611. The van der Waals surface area contributed by atoms with Crippen LogP contribution in [0.2, 0.25) is 0 Å². The van der Waals surface area contributed by atoms with Crippen LogP contribution in [0.4, 0.5) is 5.69 Å². The van der Waals surface area contributed by atoms with Crippen molar-refractivity contribution in [3.63, 3.8) is 0 Å². The highest BCUT2D eigenvalue weighted by Crippen LogP contribution is 2.37. The van der Waals surface area contributed by atoms with Gasteiger partial charge in [-0.3, -0.25) is 0 Å². The minimum absolute atomic E-state index is 0.0928. The molecule has 0 aliphatic carbocycles. The van der Waals surface area contributed by atoms with E-state index in [1.165, 1.54) is 0 Å². The zero-order valence-electron chi connectivity index (χ0n) is 12.5. The molecule has 0 saturated heterocycles. The minimum Gasteiger partial charge on any atom is -0.234 e. The van der Waals surface area contributed by atoms with Crippen LogP contribution in [0.15, 0.2) is 87.2 Å². The number of halogens is 1. The highest BCUT2D eigenvalue weighted by molar-refractivity contribution is 9.10. The highest BCUT2D eigenvalue weighted by atomic mass is 79.9. The number of hydrogen-bond acceptors (Lipinski definition) is 3. The van der Waals surface area contributed by atoms with Gasteiger partial charge in [0.15, 0.2) is 5.04 Å². The van der Waals surface area contributed by atoms with E-state index in [0.29, 0.717) is 15.7 Å². The van der Waals surface area contributed by atoms with Crippen molar-refractivity contribution in [1.29, 1.82) is 0 Å². The number of sulfone groups is 1. The van der Waals surface area contributed by atoms with Crippen molar-refractivity contribution < 1.29 is 8.42 Å². The average Bonchev–Trinajstić information content (AvgIpc) is 2.87. The summed E-state index contributed by atoms with van der Waals surface area (Å²) < 4.78 is 26.2. The third-order valence-electron chi connectivity index (χ3n) is 3.94. The summed E-state index contributed by atoms with van der Waals surface area (Å²) in [5, 5.41) is 0.0928. The molecule has 1 aliphatic heterocycles. The van der Waals surface area contributed by atoms with Crippen LogP contribution in [0.25, 0.3) is 11.1 Å². The first-order chi connectivity index (χ1) is 11.6. The Morgan fingerprint density at radius 3 is 2.21 bits per heavy atom. The summed E-state index contributed by atoms with van der Waals surface area (Å²) in [4.78, 5) is 4.60. The molecule has 0 radical (unpaired) electrons. The van der Waals surface area contributed by atoms with Crippen LogP contribution in [0.5, 0.6) is 0 Å². The van der Waals surface area contributed by atoms with Gasteiger partial charge in [0, 0.05) is 10.0 Å². The molecule has 0 spiro atoms. The first-order valence-electron chi connectivity index (χ1n) is 7.35. The highest BCUT2D eigenvalue weighted by Gasteiger charge is 2.33. The molecule has 0 aromatic heterocycles. The van der Waals surface area contributed by atoms with E-state index in [2.05, 4.69) is 20.9 Å². The SMILES string of the molecule is O=S1(=O)C(c2ccc(-c3ccccc3)cc2Br)=Nc2ccccc21. The van der Waals surface area contributed by atoms with Gasteiger partial charge in [-0.25, -0.2) is 13.4 Å². The lowest BCUT2D eigenvalue weighted by Crippen LogP contribution is -2.12. The second kappa shape index (κ2) is 5.69. The Bertz CT molecular complexity index is 1070. The summed E-state index contributed by atoms with van der Waals surface area (Å²) >= 11 is 3.51. The van der Waals surface area contributed by atoms with Crippen molar-refractivity contribution in [2.24, 2.45) is 4.99 Å². The Kier molecular flexibility index (Phi) is 3.62. The van der Waals surface area contributed by atoms with Gasteiger partial charge in [-0.2, -0.15) is 0 Å². The van der Waals surface area contributed by atoms with Gasteiger partial charge in [-0.15, -0.1) is 0 Å². The predicted molar refractivity (Wildman–Crippen MR) is 99.4 cm³/mol. The Labute approximate surface area is 148 Å². The second-order valence-electron chi connectivity index (χ2n) is 5.45. The van der Waals surface area contributed by atoms with Crippen molar-refractivity contribution in [2.75, 3.05) is 0 Å². The van der Waals surface area contributed by atoms with Gasteiger partial charge in [0.2, 0.25) is 9.84 Å². The van der Waals surface area contributed by atoms with Crippen LogP contribution in [-0.4, -0.2) is 13.5 Å². The largest absolute Gasteiger partial charge is 0.234 e. The van der Waals surface area contributed by atoms with E-state index in [0.717, 1.165) is 11.1 Å². The fourth-order valence-corrected chi connectivity index (χ4v) is 4.99. The summed E-state index contributed by atoms with van der Waals surface area (Å²) in [6, 6.07) is 22.4. The topological polar surface area (TPSA) is 46.5 Å². The zero-order valence-corrected chi connectivity index (χ0v) is 14.9. The summed E-state index contributed by atoms with van der Waals surface area (Å²) in [7, 11) is -3.58. The monoisotopic (exact) mass is 397 g/mol. The molecular formula is C19H12BrNO2S. The number of nitrogens with zero attached hydrogens (tertiary/aromatic N) is 1. The van der Waals surface area contributed by atoms with E-state index in [1.54, 1.807) is 30.3 Å². The molecule has 24 heavy (non-hydrogen) atoms. The van der Waals surface area contributed by atoms with Crippen molar-refractivity contribution >= 4 is 36.5 Å². The maximum atomic E-state index is 12.7. The van der Waals surface area contributed by atoms with Gasteiger partial charge in [-0.1, -0.05) is 70.5 Å². The summed E-state index contributed by atoms with van der Waals surface area (Å²) in [6.07, 6.45) is 0. The molecule has 0 amide bonds. The molecule has 3 nitrogen and oxygen atoms in total. The first-order valence-corrected chi connectivity index (χ1v) is 9.63. The molecule has 3 aromatic carbocycles. The normalized spacial score (nSPS) is 15.0. The molecule has 0 saturated carbocycles. The number of aliphatic imine (C=N–C) groups is 1. The number of rotatable bonds is 2. The zero-order chi connectivity index (χ0) is 16.7. The van der Waals surface area contributed by atoms with Crippen molar-refractivity contribution in [3.8, 4) is 11.1 Å². The van der Waals surface area contributed by atoms with Gasteiger partial charge in [-0.05, 0) is 29.3 Å². The predicted octanol–water partition coefficient (Wildman–Crippen LogP) is 4.98. The van der Waals surface area contributed by atoms with E-state index < -0.39 is 9.84 Å². The van der Waals surface area contributed by atoms with E-state index in [9.17, 15) is 8.42 Å². The van der Waals surface area contributed by atoms with E-state index in [4.69, 9.17) is 0 Å². The molecule has 0 bridgehead atoms. The van der Waals surface area contributed by atoms with Gasteiger partial charge in [0.1, 0.15) is 0 Å². The molecule has 0 atom stereocenters. The molecule has 1 aliphatic rings. The van der Waals surface area contributed by atoms with E-state index in [-0.39, 0.29) is 9.94 Å². The number of para-hydroxylation sites is 1. The summed E-state index contributed by atoms with van der Waals surface area (Å²) in [5.41, 5.74) is 3.15. The Hall–Kier alpha value is -2.24. The number of fused-ring (bicyclic) bond motifs is 1. The minimum atomic E-state index is -3.58. The number of benzene rings is 3. The maximum Gasteiger partial charge on any atom is 0.226 e. The lowest BCUT2D eigenvalue weighted by molar-refractivity contribution is 0.608. The molecule has 1 heterocycles. The van der Waals surface area contributed by atoms with Crippen molar-refractivity contribution in [1.82, 2.24) is 0 Å². The van der Waals surface area contributed by atoms with Gasteiger partial charge < -0.3 is 0 Å². The standard InChI is InChI=1S/C19H12BrNO2S/c20-16-12-14(13-6-2-1-3-7-13)10-11-15(16)19-21-17-8-4-5-9-18(17)24(19,22)23/h1-12H.